The van der Waals surface area contributed by atoms with Crippen molar-refractivity contribution in [3.63, 3.8) is 0 Å². The molecule has 1 spiro atoms. The predicted octanol–water partition coefficient (Wildman–Crippen LogP) is 3.74. The summed E-state index contributed by atoms with van der Waals surface area (Å²) in [4.78, 5) is 16.8. The van der Waals surface area contributed by atoms with Crippen LogP contribution in [0, 0.1) is 12.3 Å². The number of piperidine rings is 2. The van der Waals surface area contributed by atoms with Gasteiger partial charge in [-0.05, 0) is 73.0 Å². The highest BCUT2D eigenvalue weighted by molar-refractivity contribution is 5.88. The van der Waals surface area contributed by atoms with E-state index in [9.17, 15) is 4.79 Å². The number of aliphatic hydroxyl groups excluding tert-OH is 1. The van der Waals surface area contributed by atoms with Crippen molar-refractivity contribution in [1.29, 1.82) is 0 Å². The van der Waals surface area contributed by atoms with Crippen molar-refractivity contribution in [3.05, 3.63) is 47.5 Å². The molecule has 0 aromatic heterocycles. The summed E-state index contributed by atoms with van der Waals surface area (Å²) in [7, 11) is 0. The predicted molar refractivity (Wildman–Crippen MR) is 113 cm³/mol. The lowest BCUT2D eigenvalue weighted by Gasteiger charge is -2.47. The maximum atomic E-state index is 12.2. The van der Waals surface area contributed by atoms with Gasteiger partial charge in [0.05, 0.1) is 0 Å². The summed E-state index contributed by atoms with van der Waals surface area (Å²) in [6.45, 7) is 7.14. The highest BCUT2D eigenvalue weighted by Gasteiger charge is 2.40. The quantitative estimate of drug-likeness (QED) is 0.859. The van der Waals surface area contributed by atoms with Crippen LogP contribution in [0.15, 0.2) is 36.4 Å². The third kappa shape index (κ3) is 3.94. The SMILES string of the molecule is Cc1ccc(CN2CCC3(CCC(=O)N(CCCO)C3)CC2)c2ccccc12. The molecular weight excluding hydrogens is 348 g/mol. The Hall–Kier alpha value is -1.91. The van der Waals surface area contributed by atoms with E-state index in [0.29, 0.717) is 19.4 Å². The lowest BCUT2D eigenvalue weighted by molar-refractivity contribution is -0.139. The highest BCUT2D eigenvalue weighted by atomic mass is 16.3. The molecule has 2 fully saturated rings. The van der Waals surface area contributed by atoms with Gasteiger partial charge in [0.25, 0.3) is 0 Å². The van der Waals surface area contributed by atoms with Gasteiger partial charge in [0, 0.05) is 32.7 Å². The summed E-state index contributed by atoms with van der Waals surface area (Å²) in [5.74, 6) is 0.271. The fourth-order valence-corrected chi connectivity index (χ4v) is 5.05. The molecule has 0 radical (unpaired) electrons. The summed E-state index contributed by atoms with van der Waals surface area (Å²) in [6.07, 6.45) is 4.73. The van der Waals surface area contributed by atoms with Crippen LogP contribution in [0.4, 0.5) is 0 Å². The Bertz CT molecular complexity index is 840. The van der Waals surface area contributed by atoms with Gasteiger partial charge >= 0.3 is 0 Å². The first-order valence-electron chi connectivity index (χ1n) is 10.7. The topological polar surface area (TPSA) is 43.8 Å². The zero-order chi connectivity index (χ0) is 19.6. The molecule has 0 unspecified atom stereocenters. The number of amides is 1. The average Bonchev–Trinajstić information content (AvgIpc) is 2.73. The molecule has 2 saturated heterocycles. The lowest BCUT2D eigenvalue weighted by Crippen LogP contribution is -2.51. The standard InChI is InChI=1S/C24H32N2O2/c1-19-7-8-20(22-6-3-2-5-21(19)22)17-25-14-11-24(12-15-25)10-9-23(28)26(18-24)13-4-16-27/h2-3,5-8,27H,4,9-18H2,1H3. The van der Waals surface area contributed by atoms with E-state index in [1.54, 1.807) is 0 Å². The molecule has 4 heteroatoms. The Morgan fingerprint density at radius 3 is 2.54 bits per heavy atom. The van der Waals surface area contributed by atoms with Crippen LogP contribution in [-0.4, -0.2) is 53.6 Å². The van der Waals surface area contributed by atoms with Crippen molar-refractivity contribution >= 4 is 16.7 Å². The van der Waals surface area contributed by atoms with Gasteiger partial charge in [-0.3, -0.25) is 9.69 Å². The molecule has 0 saturated carbocycles. The fraction of sp³-hybridized carbons (Fsp3) is 0.542. The average molecular weight is 381 g/mol. The Morgan fingerprint density at radius 2 is 1.79 bits per heavy atom. The van der Waals surface area contributed by atoms with Crippen molar-refractivity contribution in [2.75, 3.05) is 32.8 Å². The van der Waals surface area contributed by atoms with E-state index in [4.69, 9.17) is 5.11 Å². The van der Waals surface area contributed by atoms with Gasteiger partial charge in [-0.1, -0.05) is 36.4 Å². The number of carbonyl (C=O) groups is 1. The summed E-state index contributed by atoms with van der Waals surface area (Å²) in [5, 5.41) is 11.8. The maximum absolute atomic E-state index is 12.2. The number of aliphatic hydroxyl groups is 1. The normalized spacial score (nSPS) is 20.2. The fourth-order valence-electron chi connectivity index (χ4n) is 5.05. The van der Waals surface area contributed by atoms with E-state index < -0.39 is 0 Å². The van der Waals surface area contributed by atoms with Crippen molar-refractivity contribution in [2.45, 2.75) is 45.6 Å². The zero-order valence-electron chi connectivity index (χ0n) is 17.0. The van der Waals surface area contributed by atoms with Gasteiger partial charge in [-0.15, -0.1) is 0 Å². The monoisotopic (exact) mass is 380 g/mol. The number of hydrogen-bond acceptors (Lipinski definition) is 3. The van der Waals surface area contributed by atoms with E-state index in [2.05, 4.69) is 48.2 Å². The Balaban J connectivity index is 1.41. The number of hydrogen-bond donors (Lipinski definition) is 1. The molecule has 0 bridgehead atoms. The van der Waals surface area contributed by atoms with E-state index in [1.165, 1.54) is 34.7 Å². The molecule has 4 rings (SSSR count). The van der Waals surface area contributed by atoms with Crippen LogP contribution in [0.2, 0.25) is 0 Å². The maximum Gasteiger partial charge on any atom is 0.222 e. The van der Waals surface area contributed by atoms with Gasteiger partial charge in [0.15, 0.2) is 0 Å². The number of benzene rings is 2. The molecule has 4 nitrogen and oxygen atoms in total. The molecular formula is C24H32N2O2. The molecule has 1 N–H and O–H groups in total. The summed E-state index contributed by atoms with van der Waals surface area (Å²) in [6, 6.07) is 13.3. The molecule has 1 amide bonds. The molecule has 2 aromatic carbocycles. The first-order valence-corrected chi connectivity index (χ1v) is 10.7. The second kappa shape index (κ2) is 8.22. The summed E-state index contributed by atoms with van der Waals surface area (Å²) < 4.78 is 0. The minimum atomic E-state index is 0.162. The van der Waals surface area contributed by atoms with Crippen LogP contribution in [0.25, 0.3) is 10.8 Å². The van der Waals surface area contributed by atoms with Gasteiger partial charge in [-0.25, -0.2) is 0 Å². The van der Waals surface area contributed by atoms with Gasteiger partial charge in [0.1, 0.15) is 0 Å². The molecule has 2 aliphatic rings. The number of rotatable bonds is 5. The molecule has 2 aromatic rings. The van der Waals surface area contributed by atoms with Crippen molar-refractivity contribution in [1.82, 2.24) is 9.80 Å². The molecule has 2 aliphatic heterocycles. The largest absolute Gasteiger partial charge is 0.396 e. The van der Waals surface area contributed by atoms with Crippen LogP contribution < -0.4 is 0 Å². The van der Waals surface area contributed by atoms with E-state index in [-0.39, 0.29) is 17.9 Å². The minimum absolute atomic E-state index is 0.162. The Labute approximate surface area is 168 Å². The first-order chi connectivity index (χ1) is 13.6. The third-order valence-corrected chi connectivity index (χ3v) is 6.88. The Morgan fingerprint density at radius 1 is 1.04 bits per heavy atom. The second-order valence-electron chi connectivity index (χ2n) is 8.76. The van der Waals surface area contributed by atoms with E-state index in [1.807, 2.05) is 4.90 Å². The molecule has 2 heterocycles. The summed E-state index contributed by atoms with van der Waals surface area (Å²) >= 11 is 0. The highest BCUT2D eigenvalue weighted by Crippen LogP contribution is 2.40. The van der Waals surface area contributed by atoms with Gasteiger partial charge in [-0.2, -0.15) is 0 Å². The molecule has 150 valence electrons. The number of carbonyl (C=O) groups excluding carboxylic acids is 1. The second-order valence-corrected chi connectivity index (χ2v) is 8.76. The molecule has 0 atom stereocenters. The van der Waals surface area contributed by atoms with Crippen LogP contribution in [0.1, 0.15) is 43.2 Å². The van der Waals surface area contributed by atoms with Gasteiger partial charge < -0.3 is 10.0 Å². The number of aryl methyl sites for hydroxylation is 1. The Kier molecular flexibility index (Phi) is 5.70. The van der Waals surface area contributed by atoms with Crippen LogP contribution in [0.3, 0.4) is 0 Å². The van der Waals surface area contributed by atoms with Crippen LogP contribution in [0.5, 0.6) is 0 Å². The lowest BCUT2D eigenvalue weighted by atomic mass is 9.72. The first kappa shape index (κ1) is 19.4. The molecule has 0 aliphatic carbocycles. The smallest absolute Gasteiger partial charge is 0.222 e. The molecule has 28 heavy (non-hydrogen) atoms. The van der Waals surface area contributed by atoms with Gasteiger partial charge in [0.2, 0.25) is 5.91 Å². The van der Waals surface area contributed by atoms with Crippen molar-refractivity contribution < 1.29 is 9.90 Å². The minimum Gasteiger partial charge on any atom is -0.396 e. The number of fused-ring (bicyclic) bond motifs is 1. The van der Waals surface area contributed by atoms with Crippen molar-refractivity contribution in [2.24, 2.45) is 5.41 Å². The van der Waals surface area contributed by atoms with Crippen LogP contribution >= 0.6 is 0 Å². The third-order valence-electron chi connectivity index (χ3n) is 6.88. The van der Waals surface area contributed by atoms with E-state index in [0.717, 1.165) is 32.6 Å². The van der Waals surface area contributed by atoms with Crippen LogP contribution in [-0.2, 0) is 11.3 Å². The van der Waals surface area contributed by atoms with Crippen molar-refractivity contribution in [3.8, 4) is 0 Å². The zero-order valence-corrected chi connectivity index (χ0v) is 17.0. The summed E-state index contributed by atoms with van der Waals surface area (Å²) in [5.41, 5.74) is 3.04. The number of likely N-dealkylation sites (tertiary alicyclic amines) is 2. The van der Waals surface area contributed by atoms with E-state index >= 15 is 0 Å². The number of nitrogens with zero attached hydrogens (tertiary/aromatic N) is 2.